The van der Waals surface area contributed by atoms with E-state index < -0.39 is 26.6 Å². The molecule has 0 spiro atoms. The van der Waals surface area contributed by atoms with Crippen LogP contribution in [0.3, 0.4) is 0 Å². The highest BCUT2D eigenvalue weighted by Crippen LogP contribution is 2.36. The van der Waals surface area contributed by atoms with Gasteiger partial charge in [0.1, 0.15) is 0 Å². The van der Waals surface area contributed by atoms with E-state index in [2.05, 4.69) is 6.92 Å². The van der Waals surface area contributed by atoms with Gasteiger partial charge in [-0.3, -0.25) is 5.41 Å². The molecule has 2 aromatic carbocycles. The molecule has 156 valence electrons. The predicted octanol–water partition coefficient (Wildman–Crippen LogP) is 7.28. The Hall–Kier alpha value is -1.33. The van der Waals surface area contributed by atoms with E-state index in [1.807, 2.05) is 67.6 Å². The van der Waals surface area contributed by atoms with Gasteiger partial charge in [0.05, 0.1) is 15.7 Å². The van der Waals surface area contributed by atoms with E-state index in [0.29, 0.717) is 9.80 Å². The maximum Gasteiger partial charge on any atom is 0.265 e. The van der Waals surface area contributed by atoms with Crippen molar-refractivity contribution in [3.63, 3.8) is 0 Å². The van der Waals surface area contributed by atoms with Crippen LogP contribution in [0, 0.1) is 12.3 Å². The van der Waals surface area contributed by atoms with Gasteiger partial charge in [-0.25, -0.2) is 4.21 Å². The Labute approximate surface area is 190 Å². The van der Waals surface area contributed by atoms with Crippen LogP contribution in [0.1, 0.15) is 43.4 Å². The van der Waals surface area contributed by atoms with E-state index in [0.717, 1.165) is 30.4 Å². The summed E-state index contributed by atoms with van der Waals surface area (Å²) in [5.74, 6) is -0.515. The number of alkyl halides is 3. The number of nitrogens with one attached hydrogen (secondary N) is 1. The minimum atomic E-state index is -2.01. The normalized spacial score (nSPS) is 14.3. The van der Waals surface area contributed by atoms with Crippen molar-refractivity contribution < 1.29 is 8.95 Å². The number of hydrogen-bond acceptors (Lipinski definition) is 3. The lowest BCUT2D eigenvalue weighted by Crippen LogP contribution is -2.25. The van der Waals surface area contributed by atoms with Gasteiger partial charge in [0.15, 0.2) is 6.10 Å². The van der Waals surface area contributed by atoms with Gasteiger partial charge in [-0.1, -0.05) is 109 Å². The molecule has 0 aromatic heterocycles. The first kappa shape index (κ1) is 23.9. The Kier molecular flexibility index (Phi) is 9.22. The van der Waals surface area contributed by atoms with Gasteiger partial charge in [0.2, 0.25) is 5.90 Å². The third kappa shape index (κ3) is 7.14. The Bertz CT molecular complexity index is 862. The first-order chi connectivity index (χ1) is 13.7. The van der Waals surface area contributed by atoms with Crippen molar-refractivity contribution in [2.24, 2.45) is 0 Å². The molecular formula is C22H24Cl3NO2S. The van der Waals surface area contributed by atoms with Crippen LogP contribution in [0.25, 0.3) is 0 Å². The Balaban J connectivity index is 2.50. The Morgan fingerprint density at radius 2 is 1.76 bits per heavy atom. The summed E-state index contributed by atoms with van der Waals surface area (Å²) >= 11 is 17.5. The SMILES string of the molecule is CCCC/C=C(\[C@@H](OC(=N)C(Cl)(Cl)Cl)c1ccccc1)[S@@](=O)c1ccc(C)cc1. The highest BCUT2D eigenvalue weighted by atomic mass is 35.6. The highest BCUT2D eigenvalue weighted by molar-refractivity contribution is 7.89. The van der Waals surface area contributed by atoms with Crippen molar-refractivity contribution in [1.29, 1.82) is 5.41 Å². The molecule has 0 aliphatic carbocycles. The fourth-order valence-corrected chi connectivity index (χ4v) is 4.07. The van der Waals surface area contributed by atoms with Crippen LogP contribution in [-0.4, -0.2) is 13.9 Å². The number of rotatable bonds is 8. The zero-order chi connectivity index (χ0) is 21.4. The molecule has 0 heterocycles. The molecule has 29 heavy (non-hydrogen) atoms. The van der Waals surface area contributed by atoms with E-state index in [1.165, 1.54) is 0 Å². The number of aryl methyl sites for hydroxylation is 1. The number of benzene rings is 2. The fourth-order valence-electron chi connectivity index (χ4n) is 2.63. The Morgan fingerprint density at radius 1 is 1.14 bits per heavy atom. The van der Waals surface area contributed by atoms with Crippen LogP contribution >= 0.6 is 34.8 Å². The largest absolute Gasteiger partial charge is 0.464 e. The summed E-state index contributed by atoms with van der Waals surface area (Å²) in [5, 5.41) is 8.06. The van der Waals surface area contributed by atoms with E-state index in [1.54, 1.807) is 0 Å². The van der Waals surface area contributed by atoms with Gasteiger partial charge in [0, 0.05) is 4.90 Å². The maximum absolute atomic E-state index is 13.5. The van der Waals surface area contributed by atoms with Gasteiger partial charge < -0.3 is 4.74 Å². The van der Waals surface area contributed by atoms with E-state index in [-0.39, 0.29) is 0 Å². The Morgan fingerprint density at radius 3 is 2.31 bits per heavy atom. The number of halogens is 3. The minimum absolute atomic E-state index is 0.515. The summed E-state index contributed by atoms with van der Waals surface area (Å²) in [6.07, 6.45) is 3.79. The quantitative estimate of drug-likeness (QED) is 0.190. The molecule has 0 radical (unpaired) electrons. The molecule has 2 atom stereocenters. The van der Waals surface area contributed by atoms with Crippen LogP contribution < -0.4 is 0 Å². The van der Waals surface area contributed by atoms with Crippen LogP contribution in [0.2, 0.25) is 0 Å². The molecule has 1 N–H and O–H groups in total. The van der Waals surface area contributed by atoms with Crippen molar-refractivity contribution in [3.8, 4) is 0 Å². The lowest BCUT2D eigenvalue weighted by molar-refractivity contribution is 0.229. The average Bonchev–Trinajstić information content (AvgIpc) is 2.70. The molecule has 0 fully saturated rings. The van der Waals surface area contributed by atoms with Crippen LogP contribution in [-0.2, 0) is 15.5 Å². The van der Waals surface area contributed by atoms with E-state index in [9.17, 15) is 4.21 Å². The molecule has 2 rings (SSSR count). The zero-order valence-electron chi connectivity index (χ0n) is 16.3. The van der Waals surface area contributed by atoms with Gasteiger partial charge in [-0.05, 0) is 31.0 Å². The molecule has 0 saturated carbocycles. The molecule has 3 nitrogen and oxygen atoms in total. The molecule has 0 amide bonds. The molecule has 0 aliphatic rings. The van der Waals surface area contributed by atoms with Crippen LogP contribution in [0.5, 0.6) is 0 Å². The first-order valence-corrected chi connectivity index (χ1v) is 11.6. The van der Waals surface area contributed by atoms with E-state index >= 15 is 0 Å². The van der Waals surface area contributed by atoms with Crippen LogP contribution in [0.15, 0.2) is 70.5 Å². The number of hydrogen-bond donors (Lipinski definition) is 1. The molecule has 0 aliphatic heterocycles. The number of allylic oxidation sites excluding steroid dienone is 1. The molecule has 7 heteroatoms. The van der Waals surface area contributed by atoms with Gasteiger partial charge in [-0.2, -0.15) is 0 Å². The second-order valence-corrected chi connectivity index (χ2v) is 10.3. The van der Waals surface area contributed by atoms with Crippen LogP contribution in [0.4, 0.5) is 0 Å². The summed E-state index contributed by atoms with van der Waals surface area (Å²) in [7, 11) is -1.50. The third-order valence-corrected chi connectivity index (χ3v) is 6.23. The van der Waals surface area contributed by atoms with Crippen molar-refractivity contribution in [1.82, 2.24) is 0 Å². The first-order valence-electron chi connectivity index (χ1n) is 9.30. The van der Waals surface area contributed by atoms with Crippen molar-refractivity contribution in [2.75, 3.05) is 0 Å². The molecule has 2 aromatic rings. The summed E-state index contributed by atoms with van der Waals surface area (Å²) in [5.41, 5.74) is 1.81. The molecule has 0 saturated heterocycles. The average molecular weight is 473 g/mol. The molecular weight excluding hydrogens is 449 g/mol. The smallest absolute Gasteiger partial charge is 0.265 e. The third-order valence-electron chi connectivity index (χ3n) is 4.21. The summed E-state index contributed by atoms with van der Waals surface area (Å²) < 4.78 is 17.3. The topological polar surface area (TPSA) is 50.1 Å². The lowest BCUT2D eigenvalue weighted by Gasteiger charge is -2.25. The van der Waals surface area contributed by atoms with Gasteiger partial charge in [0.25, 0.3) is 3.79 Å². The highest BCUT2D eigenvalue weighted by Gasteiger charge is 2.34. The number of ether oxygens (including phenoxy) is 1. The van der Waals surface area contributed by atoms with Gasteiger partial charge in [-0.15, -0.1) is 0 Å². The second-order valence-electron chi connectivity index (χ2n) is 6.57. The van der Waals surface area contributed by atoms with Crippen molar-refractivity contribution in [2.45, 2.75) is 47.9 Å². The second kappa shape index (κ2) is 11.2. The van der Waals surface area contributed by atoms with Gasteiger partial charge >= 0.3 is 0 Å². The summed E-state index contributed by atoms with van der Waals surface area (Å²) in [4.78, 5) is 1.19. The zero-order valence-corrected chi connectivity index (χ0v) is 19.4. The fraction of sp³-hybridized carbons (Fsp3) is 0.318. The minimum Gasteiger partial charge on any atom is -0.464 e. The van der Waals surface area contributed by atoms with Crippen molar-refractivity contribution >= 4 is 51.5 Å². The van der Waals surface area contributed by atoms with Crippen molar-refractivity contribution in [3.05, 3.63) is 76.7 Å². The number of unbranched alkanes of at least 4 members (excludes halogenated alkanes) is 2. The standard InChI is InChI=1S/C22H24Cl3NO2S/c1-3-4-6-11-19(29(27)18-14-12-16(2)13-15-18)20(17-9-7-5-8-10-17)28-21(26)22(23,24)25/h5,7-15,20,26H,3-4,6H2,1-2H3/b19-11+,26-21?/t20-,29-/m0/s1. The maximum atomic E-state index is 13.5. The summed E-state index contributed by atoms with van der Waals surface area (Å²) in [6, 6.07) is 16.8. The predicted molar refractivity (Wildman–Crippen MR) is 123 cm³/mol. The lowest BCUT2D eigenvalue weighted by atomic mass is 10.1. The molecule has 0 bridgehead atoms. The molecule has 0 unspecified atom stereocenters. The monoisotopic (exact) mass is 471 g/mol. The summed E-state index contributed by atoms with van der Waals surface area (Å²) in [6.45, 7) is 4.07. The van der Waals surface area contributed by atoms with E-state index in [4.69, 9.17) is 44.9 Å².